The molecule has 1 rings (SSSR count). The van der Waals surface area contributed by atoms with Crippen molar-refractivity contribution in [2.45, 2.75) is 32.5 Å². The lowest BCUT2D eigenvalue weighted by atomic mass is 10.2. The fourth-order valence-electron chi connectivity index (χ4n) is 1.38. The molecule has 0 aromatic rings. The molecule has 0 saturated carbocycles. The van der Waals surface area contributed by atoms with E-state index < -0.39 is 23.8 Å². The summed E-state index contributed by atoms with van der Waals surface area (Å²) in [6.07, 6.45) is -1.92. The minimum atomic E-state index is -1.21. The number of carboxylic acids is 1. The van der Waals surface area contributed by atoms with E-state index in [9.17, 15) is 14.4 Å². The van der Waals surface area contributed by atoms with Gasteiger partial charge >= 0.3 is 12.1 Å². The highest BCUT2D eigenvalue weighted by atomic mass is 16.6. The summed E-state index contributed by atoms with van der Waals surface area (Å²) in [5, 5.41) is 8.87. The average molecular weight is 259 g/mol. The zero-order valence-corrected chi connectivity index (χ0v) is 10.6. The molecular weight excluding hydrogens is 242 g/mol. The molecule has 1 fully saturated rings. The second-order valence-corrected chi connectivity index (χ2v) is 5.04. The van der Waals surface area contributed by atoms with Gasteiger partial charge in [-0.1, -0.05) is 0 Å². The van der Waals surface area contributed by atoms with Crippen molar-refractivity contribution in [1.82, 2.24) is 4.90 Å². The Kier molecular flexibility index (Phi) is 4.28. The molecule has 0 aromatic carbocycles. The molecule has 0 bridgehead atoms. The van der Waals surface area contributed by atoms with E-state index in [1.54, 1.807) is 20.8 Å². The standard InChI is InChI=1S/C11H17NO6/c1-11(2,3)18-10(16)12-4-7(13)6-17-8(5-12)9(14)15/h8H,4-6H2,1-3H3,(H,14,15)/t8-/m0/s1. The van der Waals surface area contributed by atoms with Gasteiger partial charge in [0.1, 0.15) is 12.2 Å². The van der Waals surface area contributed by atoms with E-state index in [0.29, 0.717) is 0 Å². The third-order valence-corrected chi connectivity index (χ3v) is 2.13. The summed E-state index contributed by atoms with van der Waals surface area (Å²) in [7, 11) is 0. The fourth-order valence-corrected chi connectivity index (χ4v) is 1.38. The van der Waals surface area contributed by atoms with Gasteiger partial charge in [-0.05, 0) is 20.8 Å². The molecule has 1 N–H and O–H groups in total. The number of carbonyl (C=O) groups is 3. The molecular formula is C11H17NO6. The van der Waals surface area contributed by atoms with Crippen molar-refractivity contribution in [3.63, 3.8) is 0 Å². The van der Waals surface area contributed by atoms with E-state index in [-0.39, 0.29) is 25.5 Å². The van der Waals surface area contributed by atoms with Crippen molar-refractivity contribution >= 4 is 17.8 Å². The Labute approximate surface area is 105 Å². The topological polar surface area (TPSA) is 93.1 Å². The van der Waals surface area contributed by atoms with Crippen molar-refractivity contribution < 1.29 is 29.0 Å². The smallest absolute Gasteiger partial charge is 0.410 e. The molecule has 1 atom stereocenters. The maximum Gasteiger partial charge on any atom is 0.410 e. The van der Waals surface area contributed by atoms with Crippen LogP contribution in [-0.4, -0.2) is 59.3 Å². The van der Waals surface area contributed by atoms with E-state index in [1.165, 1.54) is 0 Å². The Balaban J connectivity index is 2.75. The van der Waals surface area contributed by atoms with Gasteiger partial charge in [0.05, 0.1) is 13.1 Å². The monoisotopic (exact) mass is 259 g/mol. The minimum Gasteiger partial charge on any atom is -0.479 e. The lowest BCUT2D eigenvalue weighted by molar-refractivity contribution is -0.150. The van der Waals surface area contributed by atoms with Crippen LogP contribution in [0.3, 0.4) is 0 Å². The van der Waals surface area contributed by atoms with Crippen LogP contribution in [0.15, 0.2) is 0 Å². The van der Waals surface area contributed by atoms with E-state index >= 15 is 0 Å². The minimum absolute atomic E-state index is 0.196. The second-order valence-electron chi connectivity index (χ2n) is 5.04. The number of ether oxygens (including phenoxy) is 2. The molecule has 1 saturated heterocycles. The Morgan fingerprint density at radius 1 is 1.44 bits per heavy atom. The lowest BCUT2D eigenvalue weighted by Gasteiger charge is -2.26. The van der Waals surface area contributed by atoms with Gasteiger partial charge in [-0.3, -0.25) is 9.69 Å². The van der Waals surface area contributed by atoms with Gasteiger partial charge in [0.15, 0.2) is 11.9 Å². The number of aliphatic carboxylic acids is 1. The van der Waals surface area contributed by atoms with Crippen molar-refractivity contribution in [3.05, 3.63) is 0 Å². The number of carbonyl (C=O) groups excluding carboxylic acids is 2. The third-order valence-electron chi connectivity index (χ3n) is 2.13. The van der Waals surface area contributed by atoms with Crippen molar-refractivity contribution in [3.8, 4) is 0 Å². The zero-order chi connectivity index (χ0) is 13.9. The van der Waals surface area contributed by atoms with E-state index in [4.69, 9.17) is 14.6 Å². The van der Waals surface area contributed by atoms with Crippen molar-refractivity contribution in [2.75, 3.05) is 19.7 Å². The molecule has 0 aromatic heterocycles. The molecule has 0 aliphatic carbocycles. The van der Waals surface area contributed by atoms with Gasteiger partial charge in [-0.25, -0.2) is 9.59 Å². The summed E-state index contributed by atoms with van der Waals surface area (Å²) >= 11 is 0. The number of hydrogen-bond acceptors (Lipinski definition) is 5. The molecule has 0 unspecified atom stereocenters. The quantitative estimate of drug-likeness (QED) is 0.726. The van der Waals surface area contributed by atoms with Crippen LogP contribution in [0.5, 0.6) is 0 Å². The first kappa shape index (κ1) is 14.4. The maximum absolute atomic E-state index is 11.8. The van der Waals surface area contributed by atoms with Crippen LogP contribution in [0.1, 0.15) is 20.8 Å². The Bertz CT molecular complexity index is 359. The number of amides is 1. The van der Waals surface area contributed by atoms with Gasteiger partial charge < -0.3 is 14.6 Å². The Morgan fingerprint density at radius 2 is 2.06 bits per heavy atom. The van der Waals surface area contributed by atoms with Gasteiger partial charge in [0.25, 0.3) is 0 Å². The number of Topliss-reactive ketones (excluding diaryl/α,β-unsaturated/α-hetero) is 1. The van der Waals surface area contributed by atoms with Crippen LogP contribution in [0.25, 0.3) is 0 Å². The molecule has 7 nitrogen and oxygen atoms in total. The summed E-state index contributed by atoms with van der Waals surface area (Å²) in [6, 6.07) is 0. The predicted octanol–water partition coefficient (Wildman–Crippen LogP) is 0.276. The maximum atomic E-state index is 11.8. The van der Waals surface area contributed by atoms with Crippen LogP contribution in [-0.2, 0) is 19.1 Å². The first-order valence-electron chi connectivity index (χ1n) is 5.53. The molecule has 7 heteroatoms. The number of rotatable bonds is 1. The van der Waals surface area contributed by atoms with Crippen LogP contribution in [0.4, 0.5) is 4.79 Å². The summed E-state index contributed by atoms with van der Waals surface area (Å²) in [5.74, 6) is -1.57. The highest BCUT2D eigenvalue weighted by Gasteiger charge is 2.32. The number of ketones is 1. The summed E-state index contributed by atoms with van der Waals surface area (Å²) in [6.45, 7) is 4.37. The first-order chi connectivity index (χ1) is 8.19. The van der Waals surface area contributed by atoms with Gasteiger partial charge in [-0.2, -0.15) is 0 Å². The summed E-state index contributed by atoms with van der Waals surface area (Å²) in [4.78, 5) is 35.1. The second kappa shape index (κ2) is 5.34. The predicted molar refractivity (Wildman–Crippen MR) is 60.2 cm³/mol. The van der Waals surface area contributed by atoms with Gasteiger partial charge in [0, 0.05) is 0 Å². The molecule has 102 valence electrons. The van der Waals surface area contributed by atoms with Gasteiger partial charge in [0.2, 0.25) is 0 Å². The number of carboxylic acid groups (broad SMARTS) is 1. The number of hydrogen-bond donors (Lipinski definition) is 1. The number of nitrogens with zero attached hydrogens (tertiary/aromatic N) is 1. The zero-order valence-electron chi connectivity index (χ0n) is 10.6. The van der Waals surface area contributed by atoms with Crippen molar-refractivity contribution in [1.29, 1.82) is 0 Å². The van der Waals surface area contributed by atoms with Crippen LogP contribution >= 0.6 is 0 Å². The first-order valence-corrected chi connectivity index (χ1v) is 5.53. The van der Waals surface area contributed by atoms with Crippen LogP contribution in [0, 0.1) is 0 Å². The highest BCUT2D eigenvalue weighted by molar-refractivity contribution is 5.86. The highest BCUT2D eigenvalue weighted by Crippen LogP contribution is 2.12. The van der Waals surface area contributed by atoms with E-state index in [1.807, 2.05) is 0 Å². The molecule has 1 aliphatic heterocycles. The Morgan fingerprint density at radius 3 is 2.56 bits per heavy atom. The van der Waals surface area contributed by atoms with Crippen molar-refractivity contribution in [2.24, 2.45) is 0 Å². The van der Waals surface area contributed by atoms with Crippen LogP contribution in [0.2, 0.25) is 0 Å². The molecule has 0 radical (unpaired) electrons. The normalized spacial score (nSPS) is 21.4. The average Bonchev–Trinajstić information content (AvgIpc) is 2.37. The fraction of sp³-hybridized carbons (Fsp3) is 0.727. The molecule has 1 amide bonds. The van der Waals surface area contributed by atoms with E-state index in [0.717, 1.165) is 4.90 Å². The summed E-state index contributed by atoms with van der Waals surface area (Å²) in [5.41, 5.74) is -0.702. The SMILES string of the molecule is CC(C)(C)OC(=O)N1CC(=O)CO[C@H](C(=O)O)C1. The lowest BCUT2D eigenvalue weighted by Crippen LogP contribution is -2.43. The third kappa shape index (κ3) is 4.33. The molecule has 0 spiro atoms. The van der Waals surface area contributed by atoms with E-state index in [2.05, 4.69) is 0 Å². The largest absolute Gasteiger partial charge is 0.479 e. The molecule has 1 aliphatic rings. The van der Waals surface area contributed by atoms with Gasteiger partial charge in [-0.15, -0.1) is 0 Å². The Hall–Kier alpha value is -1.63. The molecule has 18 heavy (non-hydrogen) atoms. The van der Waals surface area contributed by atoms with Crippen LogP contribution < -0.4 is 0 Å². The molecule has 1 heterocycles. The summed E-state index contributed by atoms with van der Waals surface area (Å²) < 4.78 is 9.98.